The summed E-state index contributed by atoms with van der Waals surface area (Å²) in [5.41, 5.74) is 4.56. The molecule has 0 saturated carbocycles. The maximum Gasteiger partial charge on any atom is 0.310 e. The number of thiazole rings is 1. The molecular formula is C21H17N3O4S. The Morgan fingerprint density at radius 1 is 1.24 bits per heavy atom. The molecule has 4 rings (SSSR count). The molecule has 1 aliphatic rings. The number of rotatable bonds is 5. The third kappa shape index (κ3) is 3.50. The van der Waals surface area contributed by atoms with Gasteiger partial charge in [0, 0.05) is 29.5 Å². The summed E-state index contributed by atoms with van der Waals surface area (Å²) in [5, 5.41) is 21.4. The second-order valence-electron chi connectivity index (χ2n) is 6.59. The highest BCUT2D eigenvalue weighted by Crippen LogP contribution is 2.37. The zero-order valence-corrected chi connectivity index (χ0v) is 16.3. The monoisotopic (exact) mass is 407 g/mol. The summed E-state index contributed by atoms with van der Waals surface area (Å²) in [6, 6.07) is 11.9. The molecule has 7 nitrogen and oxygen atoms in total. The smallest absolute Gasteiger partial charge is 0.310 e. The summed E-state index contributed by atoms with van der Waals surface area (Å²) in [5.74, 6) is -0.126. The van der Waals surface area contributed by atoms with Crippen LogP contribution in [0.3, 0.4) is 0 Å². The number of hydrogen-bond acceptors (Lipinski definition) is 6. The number of aliphatic imine (C=N–C) groups is 1. The predicted molar refractivity (Wildman–Crippen MR) is 114 cm³/mol. The molecule has 3 aromatic rings. The van der Waals surface area contributed by atoms with Crippen LogP contribution in [0, 0.1) is 10.1 Å². The Balaban J connectivity index is 1.66. The lowest BCUT2D eigenvalue weighted by atomic mass is 10.0. The van der Waals surface area contributed by atoms with E-state index in [9.17, 15) is 20.0 Å². The van der Waals surface area contributed by atoms with Crippen LogP contribution < -0.4 is 4.87 Å². The molecule has 0 spiro atoms. The van der Waals surface area contributed by atoms with Crippen molar-refractivity contribution >= 4 is 40.6 Å². The largest absolute Gasteiger partial charge is 0.493 e. The number of nitro groups is 1. The van der Waals surface area contributed by atoms with E-state index in [2.05, 4.69) is 11.9 Å². The van der Waals surface area contributed by atoms with E-state index in [1.807, 2.05) is 18.2 Å². The highest BCUT2D eigenvalue weighted by atomic mass is 32.1. The van der Waals surface area contributed by atoms with Crippen molar-refractivity contribution in [3.63, 3.8) is 0 Å². The van der Waals surface area contributed by atoms with E-state index in [1.165, 1.54) is 16.7 Å². The van der Waals surface area contributed by atoms with Gasteiger partial charge in [-0.2, -0.15) is 0 Å². The molecule has 8 heteroatoms. The van der Waals surface area contributed by atoms with E-state index in [4.69, 9.17) is 0 Å². The number of aryl methyl sites for hydroxylation is 1. The molecule has 2 heterocycles. The predicted octanol–water partition coefficient (Wildman–Crippen LogP) is 4.39. The molecule has 0 radical (unpaired) electrons. The molecule has 1 N–H and O–H groups in total. The number of allylic oxidation sites excluding steroid dienone is 1. The molecule has 0 unspecified atom stereocenters. The number of nitrogens with zero attached hydrogens (tertiary/aromatic N) is 3. The molecule has 0 atom stereocenters. The quantitative estimate of drug-likeness (QED) is 0.501. The molecule has 0 amide bonds. The normalized spacial score (nSPS) is 13.8. The maximum absolute atomic E-state index is 12.4. The Kier molecular flexibility index (Phi) is 4.85. The first kappa shape index (κ1) is 18.8. The first-order valence-electron chi connectivity index (χ1n) is 9.02. The van der Waals surface area contributed by atoms with Gasteiger partial charge >= 0.3 is 4.87 Å². The highest BCUT2D eigenvalue weighted by Gasteiger charge is 2.18. The number of aromatic hydroxyl groups is 1. The molecule has 0 bridgehead atoms. The van der Waals surface area contributed by atoms with Crippen molar-refractivity contribution in [2.45, 2.75) is 19.9 Å². The van der Waals surface area contributed by atoms with Crippen LogP contribution in [-0.4, -0.2) is 20.8 Å². The van der Waals surface area contributed by atoms with E-state index in [0.29, 0.717) is 10.4 Å². The zero-order valence-electron chi connectivity index (χ0n) is 15.5. The van der Waals surface area contributed by atoms with Gasteiger partial charge in [0.1, 0.15) is 0 Å². The van der Waals surface area contributed by atoms with Gasteiger partial charge in [0.2, 0.25) is 5.88 Å². The lowest BCUT2D eigenvalue weighted by molar-refractivity contribution is -0.384. The standard InChI is InChI=1S/C21H17N3O4S/c1-2-14-4-3-5-17-15(11-22-19(14)17)10-18-20(25)23(21(26)29-18)12-13-6-8-16(9-7-13)24(27)28/h3-11,25H,2,12H2,1H3. The summed E-state index contributed by atoms with van der Waals surface area (Å²) in [6.45, 7) is 2.20. The number of benzene rings is 2. The van der Waals surface area contributed by atoms with Gasteiger partial charge in [-0.1, -0.05) is 48.6 Å². The lowest BCUT2D eigenvalue weighted by Gasteiger charge is -2.05. The van der Waals surface area contributed by atoms with Crippen molar-refractivity contribution < 1.29 is 10.0 Å². The van der Waals surface area contributed by atoms with Crippen molar-refractivity contribution in [2.24, 2.45) is 4.99 Å². The van der Waals surface area contributed by atoms with Gasteiger partial charge in [0.25, 0.3) is 5.69 Å². The number of non-ortho nitro benzene ring substituents is 1. The van der Waals surface area contributed by atoms with Crippen LogP contribution in [0.5, 0.6) is 5.88 Å². The van der Waals surface area contributed by atoms with E-state index in [0.717, 1.165) is 40.1 Å². The fraction of sp³-hybridized carbons (Fsp3) is 0.143. The van der Waals surface area contributed by atoms with Gasteiger partial charge in [0.05, 0.1) is 22.0 Å². The molecule has 0 fully saturated rings. The Morgan fingerprint density at radius 3 is 2.69 bits per heavy atom. The average Bonchev–Trinajstić information content (AvgIpc) is 3.24. The van der Waals surface area contributed by atoms with Crippen LogP contribution in [0.2, 0.25) is 0 Å². The second-order valence-corrected chi connectivity index (χ2v) is 7.58. The molecule has 0 saturated heterocycles. The fourth-order valence-corrected chi connectivity index (χ4v) is 4.11. The van der Waals surface area contributed by atoms with Crippen molar-refractivity contribution in [3.8, 4) is 5.88 Å². The topological polar surface area (TPSA) is 97.7 Å². The van der Waals surface area contributed by atoms with Gasteiger partial charge in [0.15, 0.2) is 0 Å². The number of hydrogen-bond donors (Lipinski definition) is 1. The van der Waals surface area contributed by atoms with Crippen LogP contribution in [-0.2, 0) is 13.0 Å². The summed E-state index contributed by atoms with van der Waals surface area (Å²) in [4.78, 5) is 27.3. The maximum atomic E-state index is 12.4. The summed E-state index contributed by atoms with van der Waals surface area (Å²) < 4.78 is 1.26. The van der Waals surface area contributed by atoms with Gasteiger partial charge in [-0.05, 0) is 23.6 Å². The van der Waals surface area contributed by atoms with E-state index >= 15 is 0 Å². The van der Waals surface area contributed by atoms with Crippen molar-refractivity contribution in [1.29, 1.82) is 0 Å². The molecule has 1 aromatic heterocycles. The van der Waals surface area contributed by atoms with E-state index in [-0.39, 0.29) is 23.0 Å². The molecule has 1 aliphatic heterocycles. The SMILES string of the molecule is CCc1cccc2c1N=CC2=Cc1sc(=O)n(Cc2ccc([N+](=O)[O-])cc2)c1O. The Bertz CT molecular complexity index is 1220. The number of fused-ring (bicyclic) bond motifs is 1. The third-order valence-corrected chi connectivity index (χ3v) is 5.73. The molecular weight excluding hydrogens is 390 g/mol. The molecule has 2 aromatic carbocycles. The van der Waals surface area contributed by atoms with Crippen molar-refractivity contribution in [2.75, 3.05) is 0 Å². The number of nitro benzene ring substituents is 1. The third-order valence-electron chi connectivity index (χ3n) is 4.81. The molecule has 146 valence electrons. The van der Waals surface area contributed by atoms with Gasteiger partial charge in [-0.3, -0.25) is 24.5 Å². The average molecular weight is 407 g/mol. The molecule has 29 heavy (non-hydrogen) atoms. The summed E-state index contributed by atoms with van der Waals surface area (Å²) >= 11 is 0.951. The second kappa shape index (κ2) is 7.48. The minimum Gasteiger partial charge on any atom is -0.493 e. The first-order valence-corrected chi connectivity index (χ1v) is 9.83. The number of aromatic nitrogens is 1. The van der Waals surface area contributed by atoms with Crippen molar-refractivity contribution in [1.82, 2.24) is 4.57 Å². The summed E-state index contributed by atoms with van der Waals surface area (Å²) in [7, 11) is 0. The van der Waals surface area contributed by atoms with Gasteiger partial charge in [-0.25, -0.2) is 0 Å². The van der Waals surface area contributed by atoms with Gasteiger partial charge < -0.3 is 5.11 Å². The Morgan fingerprint density at radius 2 is 2.00 bits per heavy atom. The van der Waals surface area contributed by atoms with Crippen LogP contribution in [0.1, 0.15) is 28.5 Å². The molecule has 0 aliphatic carbocycles. The lowest BCUT2D eigenvalue weighted by Crippen LogP contribution is -2.13. The van der Waals surface area contributed by atoms with Crippen LogP contribution in [0.4, 0.5) is 11.4 Å². The van der Waals surface area contributed by atoms with Gasteiger partial charge in [-0.15, -0.1) is 0 Å². The van der Waals surface area contributed by atoms with Crippen molar-refractivity contribution in [3.05, 3.63) is 83.8 Å². The number of para-hydroxylation sites is 1. The van der Waals surface area contributed by atoms with Crippen LogP contribution in [0.25, 0.3) is 11.6 Å². The van der Waals surface area contributed by atoms with E-state index < -0.39 is 4.92 Å². The Labute approximate surface area is 170 Å². The Hall–Kier alpha value is -3.52. The summed E-state index contributed by atoms with van der Waals surface area (Å²) in [6.07, 6.45) is 4.38. The van der Waals surface area contributed by atoms with Crippen LogP contribution >= 0.6 is 11.3 Å². The zero-order chi connectivity index (χ0) is 20.5. The minimum absolute atomic E-state index is 0.0216. The van der Waals surface area contributed by atoms with E-state index in [1.54, 1.807) is 24.4 Å². The fourth-order valence-electron chi connectivity index (χ4n) is 3.28. The highest BCUT2D eigenvalue weighted by molar-refractivity contribution is 7.10. The van der Waals surface area contributed by atoms with Crippen LogP contribution in [0.15, 0.2) is 52.3 Å². The first-order chi connectivity index (χ1) is 14.0. The minimum atomic E-state index is -0.479.